The smallest absolute Gasteiger partial charge is 0.262 e. The molecule has 0 saturated heterocycles. The summed E-state index contributed by atoms with van der Waals surface area (Å²) in [5.41, 5.74) is 0.751. The van der Waals surface area contributed by atoms with Crippen molar-refractivity contribution in [2.24, 2.45) is 5.92 Å². The fourth-order valence-electron chi connectivity index (χ4n) is 2.54. The molecule has 0 spiro atoms. The van der Waals surface area contributed by atoms with E-state index in [9.17, 15) is 14.4 Å². The molecular formula is C15H16N2O3. The minimum absolute atomic E-state index is 0.109. The van der Waals surface area contributed by atoms with Gasteiger partial charge in [0.25, 0.3) is 11.8 Å². The van der Waals surface area contributed by atoms with Gasteiger partial charge in [-0.05, 0) is 37.8 Å². The van der Waals surface area contributed by atoms with E-state index in [1.807, 2.05) is 6.92 Å². The fraction of sp³-hybridized carbons (Fsp3) is 0.400. The number of hydrogen-bond acceptors (Lipinski definition) is 3. The molecule has 104 valence electrons. The van der Waals surface area contributed by atoms with Gasteiger partial charge in [0.05, 0.1) is 11.1 Å². The number of carbonyl (C=O) groups excluding carboxylic acids is 3. The zero-order valence-electron chi connectivity index (χ0n) is 11.3. The Morgan fingerprint density at radius 3 is 2.30 bits per heavy atom. The lowest BCUT2D eigenvalue weighted by atomic mass is 10.1. The van der Waals surface area contributed by atoms with Crippen molar-refractivity contribution >= 4 is 17.7 Å². The second-order valence-electron chi connectivity index (χ2n) is 5.44. The summed E-state index contributed by atoms with van der Waals surface area (Å²) >= 11 is 0. The SMILES string of the molecule is C[C@@H](NC(=O)CN1C(=O)c2ccccc2C1=O)C1CC1. The summed E-state index contributed by atoms with van der Waals surface area (Å²) in [6, 6.07) is 6.75. The first-order valence-corrected chi connectivity index (χ1v) is 6.82. The van der Waals surface area contributed by atoms with Crippen LogP contribution in [-0.4, -0.2) is 35.2 Å². The summed E-state index contributed by atoms with van der Waals surface area (Å²) in [6.45, 7) is 1.75. The Kier molecular flexibility index (Phi) is 3.04. The topological polar surface area (TPSA) is 66.5 Å². The van der Waals surface area contributed by atoms with E-state index in [0.717, 1.165) is 17.7 Å². The molecule has 3 rings (SSSR count). The van der Waals surface area contributed by atoms with Gasteiger partial charge in [0.15, 0.2) is 0 Å². The monoisotopic (exact) mass is 272 g/mol. The molecule has 1 aromatic rings. The van der Waals surface area contributed by atoms with Gasteiger partial charge < -0.3 is 5.32 Å². The quantitative estimate of drug-likeness (QED) is 0.837. The van der Waals surface area contributed by atoms with Crippen molar-refractivity contribution in [2.75, 3.05) is 6.54 Å². The van der Waals surface area contributed by atoms with Crippen LogP contribution in [0.15, 0.2) is 24.3 Å². The summed E-state index contributed by atoms with van der Waals surface area (Å²) in [5.74, 6) is -0.514. The summed E-state index contributed by atoms with van der Waals surface area (Å²) in [7, 11) is 0. The van der Waals surface area contributed by atoms with Crippen LogP contribution in [0.1, 0.15) is 40.5 Å². The number of carbonyl (C=O) groups is 3. The predicted molar refractivity (Wildman–Crippen MR) is 72.1 cm³/mol. The summed E-state index contributed by atoms with van der Waals surface area (Å²) in [6.07, 6.45) is 2.27. The lowest BCUT2D eigenvalue weighted by Crippen LogP contribution is -2.43. The predicted octanol–water partition coefficient (Wildman–Crippen LogP) is 1.20. The molecule has 1 saturated carbocycles. The van der Waals surface area contributed by atoms with Crippen molar-refractivity contribution in [3.8, 4) is 0 Å². The van der Waals surface area contributed by atoms with E-state index in [1.165, 1.54) is 0 Å². The average molecular weight is 272 g/mol. The molecule has 3 amide bonds. The zero-order chi connectivity index (χ0) is 14.3. The van der Waals surface area contributed by atoms with Crippen LogP contribution < -0.4 is 5.32 Å². The standard InChI is InChI=1S/C15H16N2O3/c1-9(10-6-7-10)16-13(18)8-17-14(19)11-4-2-3-5-12(11)15(17)20/h2-5,9-10H,6-8H2,1H3,(H,16,18)/t9-/m1/s1. The van der Waals surface area contributed by atoms with Gasteiger partial charge in [-0.15, -0.1) is 0 Å². The van der Waals surface area contributed by atoms with Crippen molar-refractivity contribution in [1.29, 1.82) is 0 Å². The molecule has 5 nitrogen and oxygen atoms in total. The van der Waals surface area contributed by atoms with Crippen LogP contribution in [-0.2, 0) is 4.79 Å². The van der Waals surface area contributed by atoms with Gasteiger partial charge in [0, 0.05) is 6.04 Å². The highest BCUT2D eigenvalue weighted by atomic mass is 16.2. The maximum atomic E-state index is 12.1. The van der Waals surface area contributed by atoms with Crippen LogP contribution in [0.4, 0.5) is 0 Å². The second-order valence-corrected chi connectivity index (χ2v) is 5.44. The number of imide groups is 1. The van der Waals surface area contributed by atoms with Gasteiger partial charge in [0.1, 0.15) is 6.54 Å². The molecule has 5 heteroatoms. The Balaban J connectivity index is 1.68. The Labute approximate surface area is 116 Å². The molecule has 2 aliphatic rings. The Morgan fingerprint density at radius 1 is 1.25 bits per heavy atom. The van der Waals surface area contributed by atoms with Crippen molar-refractivity contribution in [1.82, 2.24) is 10.2 Å². The van der Waals surface area contributed by atoms with E-state index < -0.39 is 0 Å². The molecule has 20 heavy (non-hydrogen) atoms. The van der Waals surface area contributed by atoms with E-state index >= 15 is 0 Å². The molecule has 1 N–H and O–H groups in total. The van der Waals surface area contributed by atoms with Gasteiger partial charge in [-0.1, -0.05) is 12.1 Å². The third-order valence-electron chi connectivity index (χ3n) is 3.90. The van der Waals surface area contributed by atoms with Crippen LogP contribution in [0.2, 0.25) is 0 Å². The largest absolute Gasteiger partial charge is 0.352 e. The number of rotatable bonds is 4. The summed E-state index contributed by atoms with van der Waals surface area (Å²) in [5, 5.41) is 2.85. The molecule has 1 heterocycles. The van der Waals surface area contributed by atoms with Crippen molar-refractivity contribution < 1.29 is 14.4 Å². The van der Waals surface area contributed by atoms with E-state index in [2.05, 4.69) is 5.32 Å². The van der Waals surface area contributed by atoms with E-state index in [0.29, 0.717) is 17.0 Å². The first-order valence-electron chi connectivity index (χ1n) is 6.82. The number of hydrogen-bond donors (Lipinski definition) is 1. The number of nitrogens with zero attached hydrogens (tertiary/aromatic N) is 1. The molecule has 1 fully saturated rings. The van der Waals surface area contributed by atoms with Crippen molar-refractivity contribution in [2.45, 2.75) is 25.8 Å². The normalized spacial score (nSPS) is 18.9. The van der Waals surface area contributed by atoms with Crippen molar-refractivity contribution in [3.63, 3.8) is 0 Å². The molecule has 0 radical (unpaired) electrons. The third kappa shape index (κ3) is 2.19. The molecule has 1 aromatic carbocycles. The molecule has 1 aliphatic carbocycles. The van der Waals surface area contributed by atoms with E-state index in [-0.39, 0.29) is 30.3 Å². The molecule has 0 bridgehead atoms. The van der Waals surface area contributed by atoms with Crippen LogP contribution in [0.5, 0.6) is 0 Å². The van der Waals surface area contributed by atoms with Gasteiger partial charge in [-0.3, -0.25) is 19.3 Å². The van der Waals surface area contributed by atoms with Crippen LogP contribution in [0, 0.1) is 5.92 Å². The van der Waals surface area contributed by atoms with Gasteiger partial charge >= 0.3 is 0 Å². The first kappa shape index (κ1) is 12.8. The second kappa shape index (κ2) is 4.74. The van der Waals surface area contributed by atoms with Gasteiger partial charge in [-0.2, -0.15) is 0 Å². The van der Waals surface area contributed by atoms with E-state index in [1.54, 1.807) is 24.3 Å². The van der Waals surface area contributed by atoms with Gasteiger partial charge in [0.2, 0.25) is 5.91 Å². The maximum Gasteiger partial charge on any atom is 0.262 e. The highest BCUT2D eigenvalue weighted by Gasteiger charge is 2.37. The first-order chi connectivity index (χ1) is 9.58. The molecular weight excluding hydrogens is 256 g/mol. The molecule has 0 aromatic heterocycles. The number of nitrogens with one attached hydrogen (secondary N) is 1. The average Bonchev–Trinajstić information content (AvgIpc) is 3.25. The molecule has 1 atom stereocenters. The zero-order valence-corrected chi connectivity index (χ0v) is 11.3. The lowest BCUT2D eigenvalue weighted by Gasteiger charge is -2.17. The maximum absolute atomic E-state index is 12.1. The minimum Gasteiger partial charge on any atom is -0.352 e. The Hall–Kier alpha value is -2.17. The Morgan fingerprint density at radius 2 is 1.80 bits per heavy atom. The highest BCUT2D eigenvalue weighted by Crippen LogP contribution is 2.32. The van der Waals surface area contributed by atoms with Crippen LogP contribution in [0.3, 0.4) is 0 Å². The number of benzene rings is 1. The minimum atomic E-state index is -0.389. The summed E-state index contributed by atoms with van der Waals surface area (Å²) in [4.78, 5) is 37.1. The summed E-state index contributed by atoms with van der Waals surface area (Å²) < 4.78 is 0. The van der Waals surface area contributed by atoms with Crippen LogP contribution >= 0.6 is 0 Å². The lowest BCUT2D eigenvalue weighted by molar-refractivity contribution is -0.122. The Bertz CT molecular complexity index is 558. The van der Waals surface area contributed by atoms with Crippen LogP contribution in [0.25, 0.3) is 0 Å². The molecule has 0 unspecified atom stereocenters. The number of fused-ring (bicyclic) bond motifs is 1. The highest BCUT2D eigenvalue weighted by molar-refractivity contribution is 6.22. The van der Waals surface area contributed by atoms with E-state index in [4.69, 9.17) is 0 Å². The third-order valence-corrected chi connectivity index (χ3v) is 3.90. The molecule has 1 aliphatic heterocycles. The number of amides is 3. The fourth-order valence-corrected chi connectivity index (χ4v) is 2.54. The van der Waals surface area contributed by atoms with Gasteiger partial charge in [-0.25, -0.2) is 0 Å². The van der Waals surface area contributed by atoms with Crippen molar-refractivity contribution in [3.05, 3.63) is 35.4 Å².